The van der Waals surface area contributed by atoms with Crippen LogP contribution in [0.1, 0.15) is 46.6 Å². The van der Waals surface area contributed by atoms with Crippen molar-refractivity contribution in [2.45, 2.75) is 77.7 Å². The molecule has 0 unspecified atom stereocenters. The average molecular weight is 423 g/mol. The van der Waals surface area contributed by atoms with E-state index in [0.29, 0.717) is 18.8 Å². The highest BCUT2D eigenvalue weighted by molar-refractivity contribution is 6.74. The van der Waals surface area contributed by atoms with Gasteiger partial charge in [0.1, 0.15) is 11.8 Å². The highest BCUT2D eigenvalue weighted by Gasteiger charge is 2.39. The summed E-state index contributed by atoms with van der Waals surface area (Å²) in [7, 11) is -0.601. The Morgan fingerprint density at radius 2 is 1.69 bits per heavy atom. The molecule has 0 spiro atoms. The van der Waals surface area contributed by atoms with Crippen molar-refractivity contribution in [2.24, 2.45) is 11.7 Å². The van der Waals surface area contributed by atoms with E-state index >= 15 is 0 Å². The molecule has 3 N–H and O–H groups in total. The summed E-state index contributed by atoms with van der Waals surface area (Å²) < 4.78 is 11.1. The van der Waals surface area contributed by atoms with Gasteiger partial charge in [0.15, 0.2) is 0 Å². The molecule has 1 aromatic carbocycles. The first kappa shape index (κ1) is 25.2. The van der Waals surface area contributed by atoms with Crippen molar-refractivity contribution < 1.29 is 18.8 Å². The van der Waals surface area contributed by atoms with Gasteiger partial charge in [0.05, 0.1) is 13.2 Å². The lowest BCUT2D eigenvalue weighted by atomic mass is 10.0. The van der Waals surface area contributed by atoms with Crippen LogP contribution in [0.25, 0.3) is 0 Å². The van der Waals surface area contributed by atoms with Crippen molar-refractivity contribution in [3.8, 4) is 5.75 Å². The summed E-state index contributed by atoms with van der Waals surface area (Å²) in [5.41, 5.74) is 6.84. The molecule has 0 aliphatic rings. The predicted octanol–water partition coefficient (Wildman–Crippen LogP) is 3.64. The summed E-state index contributed by atoms with van der Waals surface area (Å²) in [6, 6.07) is 6.23. The minimum Gasteiger partial charge on any atom is -0.544 e. The van der Waals surface area contributed by atoms with Gasteiger partial charge in [-0.25, -0.2) is 4.79 Å². The Hall–Kier alpha value is -1.86. The first-order valence-corrected chi connectivity index (χ1v) is 13.1. The van der Waals surface area contributed by atoms with Gasteiger partial charge in [-0.3, -0.25) is 4.79 Å². The van der Waals surface area contributed by atoms with Crippen LogP contribution in [0.15, 0.2) is 24.3 Å². The van der Waals surface area contributed by atoms with Gasteiger partial charge in [0, 0.05) is 6.42 Å². The molecule has 2 atom stereocenters. The first-order chi connectivity index (χ1) is 13.3. The van der Waals surface area contributed by atoms with Gasteiger partial charge in [-0.2, -0.15) is 0 Å². The molecular weight excluding hydrogens is 384 g/mol. The smallest absolute Gasteiger partial charge is 0.328 e. The zero-order valence-corrected chi connectivity index (χ0v) is 20.2. The third kappa shape index (κ3) is 7.82. The van der Waals surface area contributed by atoms with Gasteiger partial charge in [-0.1, -0.05) is 46.8 Å². The molecule has 0 saturated carbocycles. The van der Waals surface area contributed by atoms with E-state index in [2.05, 4.69) is 39.2 Å². The zero-order valence-electron chi connectivity index (χ0n) is 19.2. The maximum Gasteiger partial charge on any atom is 0.328 e. The molecule has 7 heteroatoms. The number of hydrogen-bond donors (Lipinski definition) is 2. The van der Waals surface area contributed by atoms with Crippen LogP contribution >= 0.6 is 0 Å². The summed E-state index contributed by atoms with van der Waals surface area (Å²) >= 11 is 0. The Morgan fingerprint density at radius 1 is 1.14 bits per heavy atom. The summed E-state index contributed by atoms with van der Waals surface area (Å²) in [5, 5.41) is 2.84. The van der Waals surface area contributed by atoms with Crippen LogP contribution in [-0.4, -0.2) is 39.4 Å². The Balaban J connectivity index is 2.85. The number of amides is 1. The van der Waals surface area contributed by atoms with E-state index in [0.717, 1.165) is 11.3 Å². The number of nitrogens with two attached hydrogens (primary N) is 1. The van der Waals surface area contributed by atoms with E-state index in [1.165, 1.54) is 7.11 Å². The molecule has 1 rings (SSSR count). The largest absolute Gasteiger partial charge is 0.544 e. The van der Waals surface area contributed by atoms with E-state index in [1.54, 1.807) is 0 Å². The van der Waals surface area contributed by atoms with Crippen molar-refractivity contribution in [3.63, 3.8) is 0 Å². The molecule has 0 fully saturated rings. The molecular formula is C22H38N2O4Si. The lowest BCUT2D eigenvalue weighted by molar-refractivity contribution is -0.145. The minimum absolute atomic E-state index is 0.112. The number of rotatable bonds is 9. The van der Waals surface area contributed by atoms with Crippen molar-refractivity contribution in [1.29, 1.82) is 0 Å². The predicted molar refractivity (Wildman–Crippen MR) is 119 cm³/mol. The summed E-state index contributed by atoms with van der Waals surface area (Å²) in [6.45, 7) is 15.0. The topological polar surface area (TPSA) is 90.6 Å². The number of hydrogen-bond acceptors (Lipinski definition) is 5. The Kier molecular flexibility index (Phi) is 8.90. The normalized spacial score (nSPS) is 14.3. The van der Waals surface area contributed by atoms with Gasteiger partial charge in [-0.05, 0) is 48.2 Å². The second kappa shape index (κ2) is 10.3. The molecule has 0 radical (unpaired) electrons. The Labute approximate surface area is 176 Å². The maximum atomic E-state index is 12.3. The van der Waals surface area contributed by atoms with Crippen LogP contribution in [0.3, 0.4) is 0 Å². The molecule has 1 aromatic rings. The number of carbonyl (C=O) groups is 2. The van der Waals surface area contributed by atoms with Crippen LogP contribution < -0.4 is 15.5 Å². The average Bonchev–Trinajstić information content (AvgIpc) is 2.60. The molecule has 29 heavy (non-hydrogen) atoms. The fourth-order valence-electron chi connectivity index (χ4n) is 2.61. The Morgan fingerprint density at radius 3 is 2.14 bits per heavy atom. The van der Waals surface area contributed by atoms with E-state index in [1.807, 2.05) is 38.1 Å². The molecule has 0 aliphatic carbocycles. The molecule has 0 bridgehead atoms. The Bertz CT molecular complexity index is 681. The lowest BCUT2D eigenvalue weighted by Crippen LogP contribution is -2.50. The number of nitrogens with one attached hydrogen (secondary N) is 1. The SMILES string of the molecule is COC(=O)[C@H](Cc1ccc(O[Si](C)(C)C(C)(C)C)cc1)NC(=O)[C@@H](N)CC(C)C. The maximum absolute atomic E-state index is 12.3. The number of carbonyl (C=O) groups excluding carboxylic acids is 2. The van der Waals surface area contributed by atoms with Crippen LogP contribution in [0.2, 0.25) is 18.1 Å². The number of methoxy groups -OCH3 is 1. The van der Waals surface area contributed by atoms with Crippen molar-refractivity contribution in [3.05, 3.63) is 29.8 Å². The monoisotopic (exact) mass is 422 g/mol. The summed E-state index contributed by atoms with van der Waals surface area (Å²) in [4.78, 5) is 24.5. The second-order valence-electron chi connectivity index (χ2n) is 9.53. The van der Waals surface area contributed by atoms with Crippen molar-refractivity contribution >= 4 is 20.2 Å². The quantitative estimate of drug-likeness (QED) is 0.468. The van der Waals surface area contributed by atoms with Crippen LogP contribution in [0.5, 0.6) is 5.75 Å². The van der Waals surface area contributed by atoms with Crippen molar-refractivity contribution in [1.82, 2.24) is 5.32 Å². The molecule has 0 aromatic heterocycles. The third-order valence-electron chi connectivity index (χ3n) is 5.41. The van der Waals surface area contributed by atoms with E-state index < -0.39 is 26.4 Å². The van der Waals surface area contributed by atoms with Crippen LogP contribution in [-0.2, 0) is 20.7 Å². The highest BCUT2D eigenvalue weighted by atomic mass is 28.4. The van der Waals surface area contributed by atoms with E-state index in [-0.39, 0.29) is 10.9 Å². The molecule has 164 valence electrons. The van der Waals surface area contributed by atoms with Crippen LogP contribution in [0, 0.1) is 5.92 Å². The molecule has 0 aliphatic heterocycles. The molecule has 0 saturated heterocycles. The van der Waals surface area contributed by atoms with Gasteiger partial charge in [0.25, 0.3) is 0 Å². The van der Waals surface area contributed by atoms with Crippen LogP contribution in [0.4, 0.5) is 0 Å². The first-order valence-electron chi connectivity index (χ1n) is 10.2. The minimum atomic E-state index is -1.91. The standard InChI is InChI=1S/C22H38N2O4Si/c1-15(2)13-18(23)20(25)24-19(21(26)27-6)14-16-9-11-17(12-10-16)28-29(7,8)22(3,4)5/h9-12,15,18-19H,13-14,23H2,1-8H3,(H,24,25)/t18-,19-/m0/s1. The highest BCUT2D eigenvalue weighted by Crippen LogP contribution is 2.37. The van der Waals surface area contributed by atoms with E-state index in [9.17, 15) is 9.59 Å². The molecule has 1 amide bonds. The summed E-state index contributed by atoms with van der Waals surface area (Å²) in [6.07, 6.45) is 0.881. The number of ether oxygens (including phenoxy) is 1. The molecule has 0 heterocycles. The van der Waals surface area contributed by atoms with Gasteiger partial charge >= 0.3 is 5.97 Å². The van der Waals surface area contributed by atoms with Gasteiger partial charge in [-0.15, -0.1) is 0 Å². The second-order valence-corrected chi connectivity index (χ2v) is 14.3. The number of esters is 1. The van der Waals surface area contributed by atoms with E-state index in [4.69, 9.17) is 14.9 Å². The molecule has 6 nitrogen and oxygen atoms in total. The third-order valence-corrected chi connectivity index (χ3v) is 9.77. The zero-order chi connectivity index (χ0) is 22.4. The van der Waals surface area contributed by atoms with Crippen molar-refractivity contribution in [2.75, 3.05) is 7.11 Å². The summed E-state index contributed by atoms with van der Waals surface area (Å²) in [5.74, 6) is 0.280. The van der Waals surface area contributed by atoms with Gasteiger partial charge < -0.3 is 20.2 Å². The fourth-order valence-corrected chi connectivity index (χ4v) is 3.64. The lowest BCUT2D eigenvalue weighted by Gasteiger charge is -2.36. The fraction of sp³-hybridized carbons (Fsp3) is 0.636. The van der Waals surface area contributed by atoms with Gasteiger partial charge in [0.2, 0.25) is 14.2 Å². The number of benzene rings is 1.